The molecule has 4 aromatic rings. The lowest BCUT2D eigenvalue weighted by molar-refractivity contribution is -0.124. The molecule has 2 aliphatic carbocycles. The molecule has 0 spiro atoms. The first-order valence-electron chi connectivity index (χ1n) is 12.6. The number of hydrogen-bond donors (Lipinski definition) is 5. The van der Waals surface area contributed by atoms with Gasteiger partial charge in [-0.1, -0.05) is 36.4 Å². The quantitative estimate of drug-likeness (QED) is 0.248. The molecule has 3 aromatic carbocycles. The Kier molecular flexibility index (Phi) is 5.96. The van der Waals surface area contributed by atoms with Crippen LogP contribution in [0.4, 0.5) is 5.69 Å². The van der Waals surface area contributed by atoms with Gasteiger partial charge in [-0.3, -0.25) is 9.59 Å². The zero-order chi connectivity index (χ0) is 26.6. The molecule has 0 aliphatic heterocycles. The minimum atomic E-state index is -1.52. The number of ether oxygens (including phenoxy) is 1. The Labute approximate surface area is 223 Å². The molecule has 2 aliphatic rings. The predicted molar refractivity (Wildman–Crippen MR) is 149 cm³/mol. The molecule has 8 nitrogen and oxygen atoms in total. The SMILES string of the molecule is Nc1ccc2c3c(c(C(=O)N[C@H]4CC[C@@H](N)C4)sc13)C(N)C(=O)C2(N)c1ccc(Oc2ccccc2)cc1. The Morgan fingerprint density at radius 2 is 1.68 bits per heavy atom. The van der Waals surface area contributed by atoms with Crippen LogP contribution in [-0.4, -0.2) is 23.8 Å². The van der Waals surface area contributed by atoms with Gasteiger partial charge in [0.15, 0.2) is 5.78 Å². The summed E-state index contributed by atoms with van der Waals surface area (Å²) in [5.41, 5.74) is 26.5. The summed E-state index contributed by atoms with van der Waals surface area (Å²) >= 11 is 1.25. The number of rotatable bonds is 5. The summed E-state index contributed by atoms with van der Waals surface area (Å²) in [6.07, 6.45) is 2.41. The van der Waals surface area contributed by atoms with Crippen molar-refractivity contribution in [2.75, 3.05) is 5.73 Å². The monoisotopic (exact) mass is 527 g/mol. The molecule has 6 rings (SSSR count). The normalized spacial score (nSPS) is 24.5. The van der Waals surface area contributed by atoms with Crippen LogP contribution in [0, 0.1) is 0 Å². The van der Waals surface area contributed by atoms with E-state index >= 15 is 0 Å². The van der Waals surface area contributed by atoms with E-state index in [0.717, 1.165) is 19.3 Å². The molecular weight excluding hydrogens is 498 g/mol. The number of anilines is 1. The average molecular weight is 528 g/mol. The molecule has 1 saturated carbocycles. The number of benzene rings is 3. The topological polar surface area (TPSA) is 159 Å². The summed E-state index contributed by atoms with van der Waals surface area (Å²) in [6, 6.07) is 19.0. The van der Waals surface area contributed by atoms with Crippen LogP contribution in [0.15, 0.2) is 66.7 Å². The number of Topliss-reactive ketones (excluding diaryl/α,β-unsaturated/α-hetero) is 1. The van der Waals surface area contributed by atoms with Crippen molar-refractivity contribution in [3.05, 3.63) is 88.3 Å². The summed E-state index contributed by atoms with van der Waals surface area (Å²) in [5.74, 6) is 0.663. The van der Waals surface area contributed by atoms with Crippen LogP contribution in [0.3, 0.4) is 0 Å². The number of carbonyl (C=O) groups is 2. The van der Waals surface area contributed by atoms with Crippen LogP contribution in [-0.2, 0) is 10.3 Å². The molecule has 9 heteroatoms. The molecule has 38 heavy (non-hydrogen) atoms. The van der Waals surface area contributed by atoms with Crippen molar-refractivity contribution in [1.82, 2.24) is 5.32 Å². The van der Waals surface area contributed by atoms with E-state index in [2.05, 4.69) is 5.32 Å². The molecular formula is C29H29N5O3S. The van der Waals surface area contributed by atoms with E-state index in [1.54, 1.807) is 36.4 Å². The van der Waals surface area contributed by atoms with Crippen molar-refractivity contribution >= 4 is 38.8 Å². The highest BCUT2D eigenvalue weighted by Crippen LogP contribution is 2.49. The number of ketones is 1. The van der Waals surface area contributed by atoms with E-state index in [1.807, 2.05) is 30.3 Å². The summed E-state index contributed by atoms with van der Waals surface area (Å²) in [7, 11) is 0. The van der Waals surface area contributed by atoms with Gasteiger partial charge < -0.3 is 33.0 Å². The van der Waals surface area contributed by atoms with Gasteiger partial charge in [0.2, 0.25) is 0 Å². The maximum absolute atomic E-state index is 13.9. The molecule has 2 unspecified atom stereocenters. The van der Waals surface area contributed by atoms with Crippen molar-refractivity contribution in [3.8, 4) is 11.5 Å². The fourth-order valence-electron chi connectivity index (χ4n) is 5.66. The zero-order valence-corrected chi connectivity index (χ0v) is 21.5. The number of thiophene rings is 1. The van der Waals surface area contributed by atoms with E-state index in [4.69, 9.17) is 27.7 Å². The molecule has 9 N–H and O–H groups in total. The minimum Gasteiger partial charge on any atom is -0.457 e. The number of nitrogens with two attached hydrogens (primary N) is 4. The van der Waals surface area contributed by atoms with Gasteiger partial charge in [0.25, 0.3) is 5.91 Å². The van der Waals surface area contributed by atoms with Crippen LogP contribution >= 0.6 is 11.3 Å². The molecule has 1 fully saturated rings. The molecule has 1 amide bonds. The Balaban J connectivity index is 1.42. The average Bonchev–Trinajstić information content (AvgIpc) is 3.52. The maximum atomic E-state index is 13.9. The molecule has 0 saturated heterocycles. The number of hydrogen-bond acceptors (Lipinski definition) is 8. The first kappa shape index (κ1) is 24.6. The summed E-state index contributed by atoms with van der Waals surface area (Å²) in [4.78, 5) is 27.7. The van der Waals surface area contributed by atoms with Gasteiger partial charge in [-0.05, 0) is 60.7 Å². The predicted octanol–water partition coefficient (Wildman–Crippen LogP) is 3.67. The number of para-hydroxylation sites is 1. The van der Waals surface area contributed by atoms with Crippen molar-refractivity contribution in [1.29, 1.82) is 0 Å². The Bertz CT molecular complexity index is 1550. The van der Waals surface area contributed by atoms with Crippen LogP contribution in [0.5, 0.6) is 11.5 Å². The molecule has 4 atom stereocenters. The van der Waals surface area contributed by atoms with Crippen molar-refractivity contribution < 1.29 is 14.3 Å². The zero-order valence-electron chi connectivity index (χ0n) is 20.6. The van der Waals surface area contributed by atoms with Gasteiger partial charge >= 0.3 is 0 Å². The van der Waals surface area contributed by atoms with E-state index < -0.39 is 11.6 Å². The first-order chi connectivity index (χ1) is 18.3. The fraction of sp³-hybridized carbons (Fsp3) is 0.241. The lowest BCUT2D eigenvalue weighted by Gasteiger charge is -2.36. The lowest BCUT2D eigenvalue weighted by Crippen LogP contribution is -2.52. The Hall–Kier alpha value is -3.76. The number of carbonyl (C=O) groups excluding carboxylic acids is 2. The van der Waals surface area contributed by atoms with Crippen LogP contribution < -0.4 is 33.0 Å². The third-order valence-electron chi connectivity index (χ3n) is 7.62. The third kappa shape index (κ3) is 3.86. The van der Waals surface area contributed by atoms with E-state index in [-0.39, 0.29) is 23.8 Å². The van der Waals surface area contributed by atoms with Crippen molar-refractivity contribution in [3.63, 3.8) is 0 Å². The smallest absolute Gasteiger partial charge is 0.261 e. The number of nitrogens with one attached hydrogen (secondary N) is 1. The molecule has 1 aromatic heterocycles. The van der Waals surface area contributed by atoms with Gasteiger partial charge in [0.1, 0.15) is 17.0 Å². The van der Waals surface area contributed by atoms with Gasteiger partial charge in [-0.15, -0.1) is 11.3 Å². The van der Waals surface area contributed by atoms with E-state index in [1.165, 1.54) is 11.3 Å². The number of amides is 1. The molecule has 1 heterocycles. The summed E-state index contributed by atoms with van der Waals surface area (Å²) in [5, 5.41) is 3.76. The van der Waals surface area contributed by atoms with Crippen LogP contribution in [0.1, 0.15) is 51.7 Å². The van der Waals surface area contributed by atoms with E-state index in [0.29, 0.717) is 48.8 Å². The van der Waals surface area contributed by atoms with Gasteiger partial charge in [0, 0.05) is 28.7 Å². The lowest BCUT2D eigenvalue weighted by atomic mass is 9.70. The molecule has 0 bridgehead atoms. The second kappa shape index (κ2) is 9.21. The molecule has 0 radical (unpaired) electrons. The highest BCUT2D eigenvalue weighted by atomic mass is 32.1. The molecule has 194 valence electrons. The van der Waals surface area contributed by atoms with Crippen LogP contribution in [0.2, 0.25) is 0 Å². The highest BCUT2D eigenvalue weighted by molar-refractivity contribution is 7.21. The minimum absolute atomic E-state index is 0.00698. The Morgan fingerprint density at radius 3 is 2.37 bits per heavy atom. The summed E-state index contributed by atoms with van der Waals surface area (Å²) < 4.78 is 6.61. The van der Waals surface area contributed by atoms with Crippen molar-refractivity contribution in [2.45, 2.75) is 42.9 Å². The van der Waals surface area contributed by atoms with Gasteiger partial charge in [-0.25, -0.2) is 0 Å². The fourth-order valence-corrected chi connectivity index (χ4v) is 6.86. The van der Waals surface area contributed by atoms with E-state index in [9.17, 15) is 9.59 Å². The summed E-state index contributed by atoms with van der Waals surface area (Å²) in [6.45, 7) is 0. The highest BCUT2D eigenvalue weighted by Gasteiger charge is 2.48. The Morgan fingerprint density at radius 1 is 0.974 bits per heavy atom. The van der Waals surface area contributed by atoms with Crippen molar-refractivity contribution in [2.24, 2.45) is 17.2 Å². The largest absolute Gasteiger partial charge is 0.457 e. The first-order valence-corrected chi connectivity index (χ1v) is 13.4. The maximum Gasteiger partial charge on any atom is 0.261 e. The van der Waals surface area contributed by atoms with Crippen LogP contribution in [0.25, 0.3) is 10.1 Å². The third-order valence-corrected chi connectivity index (χ3v) is 8.87. The van der Waals surface area contributed by atoms with Gasteiger partial charge in [0.05, 0.1) is 15.6 Å². The second-order valence-electron chi connectivity index (χ2n) is 10.1. The number of nitrogen functional groups attached to an aromatic ring is 1. The standard InChI is InChI=1S/C29H29N5O3S/c30-16-8-9-17(14-16)34-28(36)26-23-22-20(12-13-21(31)25(22)38-26)29(33,27(35)24(23)32)15-6-10-19(11-7-15)37-18-4-2-1-3-5-18/h1-7,10-13,16-17,24H,8-9,14,30-33H2,(H,34,36)/t16-,17+,24?,29?/m1/s1. The second-order valence-corrected chi connectivity index (χ2v) is 11.1. The van der Waals surface area contributed by atoms with Gasteiger partial charge in [-0.2, -0.15) is 0 Å².